The number of benzene rings is 2. The van der Waals surface area contributed by atoms with E-state index in [2.05, 4.69) is 0 Å². The van der Waals surface area contributed by atoms with Gasteiger partial charge in [-0.1, -0.05) is 42.0 Å². The third-order valence-electron chi connectivity index (χ3n) is 4.74. The van der Waals surface area contributed by atoms with E-state index in [9.17, 15) is 19.8 Å². The lowest BCUT2D eigenvalue weighted by atomic mass is 9.95. The van der Waals surface area contributed by atoms with Gasteiger partial charge in [-0.05, 0) is 31.5 Å². The molecule has 2 atom stereocenters. The van der Waals surface area contributed by atoms with Crippen molar-refractivity contribution in [3.63, 3.8) is 0 Å². The Morgan fingerprint density at radius 3 is 2.46 bits per heavy atom. The summed E-state index contributed by atoms with van der Waals surface area (Å²) in [5.41, 5.74) is 2.08. The van der Waals surface area contributed by atoms with Crippen molar-refractivity contribution >= 4 is 17.4 Å². The number of aliphatic hydroxyl groups excluding tert-OH is 2. The number of hydrogen-bond donors (Lipinski definition) is 2. The molecule has 0 spiro atoms. The van der Waals surface area contributed by atoms with Gasteiger partial charge in [0.05, 0.1) is 24.8 Å². The monoisotopic (exact) mass is 381 g/mol. The van der Waals surface area contributed by atoms with Crippen molar-refractivity contribution < 1.29 is 24.5 Å². The van der Waals surface area contributed by atoms with Gasteiger partial charge in [0, 0.05) is 12.1 Å². The number of Topliss-reactive ketones (excluding diaryl/α,β-unsaturated/α-hetero) is 1. The zero-order valence-electron chi connectivity index (χ0n) is 16.0. The van der Waals surface area contributed by atoms with Crippen molar-refractivity contribution in [1.29, 1.82) is 0 Å². The topological polar surface area (TPSA) is 87.1 Å². The maximum Gasteiger partial charge on any atom is 0.295 e. The number of carbonyl (C=O) groups is 2. The Labute approximate surface area is 163 Å². The summed E-state index contributed by atoms with van der Waals surface area (Å²) >= 11 is 0. The van der Waals surface area contributed by atoms with E-state index < -0.39 is 23.8 Å². The van der Waals surface area contributed by atoms with Crippen LogP contribution in [0.15, 0.2) is 54.1 Å². The number of aliphatic hydroxyl groups is 2. The van der Waals surface area contributed by atoms with E-state index in [0.717, 1.165) is 5.56 Å². The van der Waals surface area contributed by atoms with Gasteiger partial charge >= 0.3 is 0 Å². The highest BCUT2D eigenvalue weighted by atomic mass is 16.5. The summed E-state index contributed by atoms with van der Waals surface area (Å²) in [4.78, 5) is 26.8. The minimum Gasteiger partial charge on any atom is -0.507 e. The summed E-state index contributed by atoms with van der Waals surface area (Å²) in [6, 6.07) is 13.2. The van der Waals surface area contributed by atoms with Crippen molar-refractivity contribution in [2.75, 3.05) is 13.7 Å². The number of amides is 1. The van der Waals surface area contributed by atoms with Gasteiger partial charge in [-0.3, -0.25) is 9.59 Å². The highest BCUT2D eigenvalue weighted by molar-refractivity contribution is 6.46. The van der Waals surface area contributed by atoms with E-state index >= 15 is 0 Å². The van der Waals surface area contributed by atoms with E-state index in [4.69, 9.17) is 4.74 Å². The second kappa shape index (κ2) is 7.86. The normalized spacial score (nSPS) is 19.7. The Bertz CT molecular complexity index is 930. The summed E-state index contributed by atoms with van der Waals surface area (Å²) in [6.07, 6.45) is -0.828. The van der Waals surface area contributed by atoms with Gasteiger partial charge in [-0.15, -0.1) is 0 Å². The molecule has 1 saturated heterocycles. The molecule has 0 aliphatic carbocycles. The molecule has 28 heavy (non-hydrogen) atoms. The predicted molar refractivity (Wildman–Crippen MR) is 105 cm³/mol. The van der Waals surface area contributed by atoms with Gasteiger partial charge in [0.1, 0.15) is 11.5 Å². The maximum absolute atomic E-state index is 12.8. The van der Waals surface area contributed by atoms with Crippen molar-refractivity contribution in [3.05, 3.63) is 70.8 Å². The fraction of sp³-hybridized carbons (Fsp3) is 0.273. The molecule has 1 amide bonds. The summed E-state index contributed by atoms with van der Waals surface area (Å²) in [5.74, 6) is -1.19. The fourth-order valence-corrected chi connectivity index (χ4v) is 3.38. The summed E-state index contributed by atoms with van der Waals surface area (Å²) in [5, 5.41) is 20.7. The van der Waals surface area contributed by atoms with Gasteiger partial charge < -0.3 is 19.8 Å². The summed E-state index contributed by atoms with van der Waals surface area (Å²) in [7, 11) is 1.53. The highest BCUT2D eigenvalue weighted by Crippen LogP contribution is 2.40. The summed E-state index contributed by atoms with van der Waals surface area (Å²) < 4.78 is 5.26. The molecule has 0 bridgehead atoms. The van der Waals surface area contributed by atoms with E-state index in [1.165, 1.54) is 12.0 Å². The molecule has 1 aliphatic heterocycles. The Balaban J connectivity index is 2.19. The lowest BCUT2D eigenvalue weighted by Gasteiger charge is -2.26. The average molecular weight is 381 g/mol. The molecule has 6 nitrogen and oxygen atoms in total. The van der Waals surface area contributed by atoms with Crippen LogP contribution in [0.2, 0.25) is 0 Å². The average Bonchev–Trinajstić information content (AvgIpc) is 2.92. The molecule has 1 aliphatic rings. The molecule has 6 heteroatoms. The van der Waals surface area contributed by atoms with Gasteiger partial charge in [-0.25, -0.2) is 0 Å². The van der Waals surface area contributed by atoms with Crippen LogP contribution < -0.4 is 4.74 Å². The largest absolute Gasteiger partial charge is 0.507 e. The molecule has 1 heterocycles. The van der Waals surface area contributed by atoms with Crippen molar-refractivity contribution in [2.24, 2.45) is 0 Å². The Hall–Kier alpha value is -3.12. The minimum atomic E-state index is -0.828. The number of β-amino-alcohol motifs (C(OH)–C–C–N with tert-alkyl or cyclic N) is 1. The number of ether oxygens (including phenoxy) is 1. The molecular formula is C22H23NO5. The van der Waals surface area contributed by atoms with E-state index in [1.54, 1.807) is 43.3 Å². The highest BCUT2D eigenvalue weighted by Gasteiger charge is 2.46. The molecule has 0 radical (unpaired) electrons. The number of ketones is 1. The molecule has 146 valence electrons. The molecule has 1 fully saturated rings. The molecule has 0 saturated carbocycles. The van der Waals surface area contributed by atoms with Crippen LogP contribution in [0.25, 0.3) is 5.76 Å². The Morgan fingerprint density at radius 1 is 1.18 bits per heavy atom. The van der Waals surface area contributed by atoms with E-state index in [-0.39, 0.29) is 17.9 Å². The molecule has 2 aromatic carbocycles. The molecular weight excluding hydrogens is 358 g/mol. The van der Waals surface area contributed by atoms with Crippen LogP contribution in [-0.4, -0.2) is 46.6 Å². The number of rotatable bonds is 5. The van der Waals surface area contributed by atoms with Crippen molar-refractivity contribution in [1.82, 2.24) is 4.90 Å². The number of nitrogens with zero attached hydrogens (tertiary/aromatic N) is 1. The van der Waals surface area contributed by atoms with Crippen LogP contribution in [0.5, 0.6) is 5.75 Å². The SMILES string of the molecule is COc1cccc([C@@H]2C(=C(O)c3ccc(C)cc3)C(=O)C(=O)N2C[C@H](C)O)c1. The second-order valence-corrected chi connectivity index (χ2v) is 6.94. The van der Waals surface area contributed by atoms with Gasteiger partial charge in [0.25, 0.3) is 11.7 Å². The van der Waals surface area contributed by atoms with Crippen molar-refractivity contribution in [3.8, 4) is 5.75 Å². The Morgan fingerprint density at radius 2 is 1.86 bits per heavy atom. The first-order valence-corrected chi connectivity index (χ1v) is 9.01. The molecule has 0 unspecified atom stereocenters. The smallest absolute Gasteiger partial charge is 0.295 e. The minimum absolute atomic E-state index is 0.00255. The first-order chi connectivity index (χ1) is 13.3. The first kappa shape index (κ1) is 19.6. The second-order valence-electron chi connectivity index (χ2n) is 6.94. The van der Waals surface area contributed by atoms with Gasteiger partial charge in [-0.2, -0.15) is 0 Å². The predicted octanol–water partition coefficient (Wildman–Crippen LogP) is 2.81. The maximum atomic E-state index is 12.8. The Kier molecular flexibility index (Phi) is 5.51. The van der Waals surface area contributed by atoms with E-state index in [1.807, 2.05) is 19.1 Å². The fourth-order valence-electron chi connectivity index (χ4n) is 3.38. The number of likely N-dealkylation sites (tertiary alicyclic amines) is 1. The zero-order chi connectivity index (χ0) is 20.4. The van der Waals surface area contributed by atoms with Crippen LogP contribution in [0, 0.1) is 6.92 Å². The van der Waals surface area contributed by atoms with Crippen LogP contribution in [0.3, 0.4) is 0 Å². The van der Waals surface area contributed by atoms with Crippen molar-refractivity contribution in [2.45, 2.75) is 26.0 Å². The lowest BCUT2D eigenvalue weighted by molar-refractivity contribution is -0.140. The quantitative estimate of drug-likeness (QED) is 0.472. The number of hydrogen-bond acceptors (Lipinski definition) is 5. The number of carbonyl (C=O) groups excluding carboxylic acids is 2. The first-order valence-electron chi connectivity index (χ1n) is 9.01. The lowest BCUT2D eigenvalue weighted by Crippen LogP contribution is -2.35. The summed E-state index contributed by atoms with van der Waals surface area (Å²) in [6.45, 7) is 3.43. The van der Waals surface area contributed by atoms with Gasteiger partial charge in [0.2, 0.25) is 0 Å². The standard InChI is InChI=1S/C22H23NO5/c1-13-7-9-15(10-8-13)20(25)18-19(16-5-4-6-17(11-16)28-3)23(12-14(2)24)22(27)21(18)26/h4-11,14,19,24-25H,12H2,1-3H3/t14-,19+/m0/s1. The molecule has 3 rings (SSSR count). The van der Waals surface area contributed by atoms with Gasteiger partial charge in [0.15, 0.2) is 0 Å². The molecule has 2 N–H and O–H groups in total. The van der Waals surface area contributed by atoms with Crippen LogP contribution in [-0.2, 0) is 9.59 Å². The third-order valence-corrected chi connectivity index (χ3v) is 4.74. The molecule has 2 aromatic rings. The van der Waals surface area contributed by atoms with Crippen LogP contribution in [0.4, 0.5) is 0 Å². The zero-order valence-corrected chi connectivity index (χ0v) is 16.0. The van der Waals surface area contributed by atoms with E-state index in [0.29, 0.717) is 16.9 Å². The number of methoxy groups -OCH3 is 1. The van der Waals surface area contributed by atoms with Crippen LogP contribution >= 0.6 is 0 Å². The number of aryl methyl sites for hydroxylation is 1. The molecule has 0 aromatic heterocycles. The van der Waals surface area contributed by atoms with Crippen LogP contribution in [0.1, 0.15) is 29.7 Å². The third kappa shape index (κ3) is 3.64.